The van der Waals surface area contributed by atoms with Gasteiger partial charge in [0, 0.05) is 0 Å². The summed E-state index contributed by atoms with van der Waals surface area (Å²) in [6, 6.07) is 10.5. The van der Waals surface area contributed by atoms with E-state index in [0.29, 0.717) is 0 Å². The quantitative estimate of drug-likeness (QED) is 0.754. The van der Waals surface area contributed by atoms with E-state index < -0.39 is 8.07 Å². The standard InChI is InChI=1S/C12H19NSi/c1-14(2,3)12(10-13)9-11-7-5-4-6-8-11/h4-8,10H,9,13H2,1-3H3. The van der Waals surface area contributed by atoms with E-state index in [1.54, 1.807) is 6.20 Å². The largest absolute Gasteiger partial charge is 0.405 e. The highest BCUT2D eigenvalue weighted by Gasteiger charge is 2.18. The van der Waals surface area contributed by atoms with Crippen molar-refractivity contribution in [2.75, 3.05) is 0 Å². The predicted octanol–water partition coefficient (Wildman–Crippen LogP) is 2.95. The van der Waals surface area contributed by atoms with Gasteiger partial charge in [0.05, 0.1) is 8.07 Å². The first kappa shape index (κ1) is 11.1. The molecule has 1 rings (SSSR count). The number of nitrogens with two attached hydrogens (primary N) is 1. The molecule has 1 nitrogen and oxygen atoms in total. The van der Waals surface area contributed by atoms with Crippen LogP contribution in [0.15, 0.2) is 41.7 Å². The number of hydrogen-bond acceptors (Lipinski definition) is 1. The maximum Gasteiger partial charge on any atom is 0.0747 e. The van der Waals surface area contributed by atoms with Crippen LogP contribution >= 0.6 is 0 Å². The van der Waals surface area contributed by atoms with Gasteiger partial charge in [-0.05, 0) is 18.2 Å². The Balaban J connectivity index is 2.78. The zero-order chi connectivity index (χ0) is 10.6. The second kappa shape index (κ2) is 4.47. The van der Waals surface area contributed by atoms with E-state index in [1.807, 2.05) is 6.07 Å². The van der Waals surface area contributed by atoms with Crippen molar-refractivity contribution in [1.82, 2.24) is 0 Å². The molecule has 0 aliphatic carbocycles. The predicted molar refractivity (Wildman–Crippen MR) is 65.8 cm³/mol. The van der Waals surface area contributed by atoms with Gasteiger partial charge in [-0.15, -0.1) is 0 Å². The Morgan fingerprint density at radius 1 is 1.21 bits per heavy atom. The van der Waals surface area contributed by atoms with Crippen molar-refractivity contribution < 1.29 is 0 Å². The Morgan fingerprint density at radius 3 is 2.21 bits per heavy atom. The lowest BCUT2D eigenvalue weighted by Crippen LogP contribution is -2.26. The zero-order valence-corrected chi connectivity index (χ0v) is 10.2. The minimum Gasteiger partial charge on any atom is -0.405 e. The molecule has 76 valence electrons. The molecule has 2 heteroatoms. The molecule has 0 aliphatic rings. The first-order chi connectivity index (χ1) is 6.54. The van der Waals surface area contributed by atoms with Gasteiger partial charge in [0.2, 0.25) is 0 Å². The third-order valence-electron chi connectivity index (χ3n) is 2.40. The lowest BCUT2D eigenvalue weighted by Gasteiger charge is -2.20. The van der Waals surface area contributed by atoms with Crippen LogP contribution in [0.25, 0.3) is 0 Å². The van der Waals surface area contributed by atoms with Crippen LogP contribution in [0.1, 0.15) is 5.56 Å². The molecule has 0 atom stereocenters. The Bertz CT molecular complexity index is 309. The van der Waals surface area contributed by atoms with Crippen molar-refractivity contribution in [3.8, 4) is 0 Å². The Hall–Kier alpha value is -1.02. The van der Waals surface area contributed by atoms with Gasteiger partial charge in [-0.1, -0.05) is 55.2 Å². The maximum absolute atomic E-state index is 5.68. The molecular weight excluding hydrogens is 186 g/mol. The minimum absolute atomic E-state index is 1.01. The van der Waals surface area contributed by atoms with Crippen molar-refractivity contribution in [3.63, 3.8) is 0 Å². The first-order valence-corrected chi connectivity index (χ1v) is 8.49. The first-order valence-electron chi connectivity index (χ1n) is 4.99. The van der Waals surface area contributed by atoms with Crippen LogP contribution in [0.2, 0.25) is 19.6 Å². The van der Waals surface area contributed by atoms with E-state index >= 15 is 0 Å². The van der Waals surface area contributed by atoms with Gasteiger partial charge < -0.3 is 5.73 Å². The van der Waals surface area contributed by atoms with E-state index in [4.69, 9.17) is 5.73 Å². The molecule has 0 amide bonds. The topological polar surface area (TPSA) is 26.0 Å². The molecule has 0 aromatic heterocycles. The fourth-order valence-corrected chi connectivity index (χ4v) is 2.62. The highest BCUT2D eigenvalue weighted by atomic mass is 28.3. The molecule has 0 aliphatic heterocycles. The molecule has 1 aromatic rings. The summed E-state index contributed by atoms with van der Waals surface area (Å²) >= 11 is 0. The third kappa shape index (κ3) is 3.03. The SMILES string of the molecule is C[Si](C)(C)C(=CN)Cc1ccccc1. The second-order valence-electron chi connectivity index (χ2n) is 4.60. The summed E-state index contributed by atoms with van der Waals surface area (Å²) in [7, 11) is -1.23. The van der Waals surface area contributed by atoms with Crippen LogP contribution in [0.3, 0.4) is 0 Å². The molecule has 0 bridgehead atoms. The molecular formula is C12H19NSi. The molecule has 0 spiro atoms. The van der Waals surface area contributed by atoms with Crippen molar-refractivity contribution in [1.29, 1.82) is 0 Å². The normalized spacial score (nSPS) is 12.9. The average Bonchev–Trinajstić information content (AvgIpc) is 2.14. The van der Waals surface area contributed by atoms with Crippen molar-refractivity contribution >= 4 is 8.07 Å². The summed E-state index contributed by atoms with van der Waals surface area (Å²) < 4.78 is 0. The van der Waals surface area contributed by atoms with Gasteiger partial charge >= 0.3 is 0 Å². The minimum atomic E-state index is -1.23. The fraction of sp³-hybridized carbons (Fsp3) is 0.333. The summed E-state index contributed by atoms with van der Waals surface area (Å²) in [5.74, 6) is 0. The number of rotatable bonds is 3. The average molecular weight is 205 g/mol. The molecule has 0 radical (unpaired) electrons. The van der Waals surface area contributed by atoms with Gasteiger partial charge in [-0.25, -0.2) is 0 Å². The van der Waals surface area contributed by atoms with Crippen LogP contribution in [0, 0.1) is 0 Å². The van der Waals surface area contributed by atoms with Crippen LogP contribution < -0.4 is 5.73 Å². The summed E-state index contributed by atoms with van der Waals surface area (Å²) in [6.45, 7) is 6.98. The highest BCUT2D eigenvalue weighted by molar-refractivity contribution is 6.83. The smallest absolute Gasteiger partial charge is 0.0747 e. The lowest BCUT2D eigenvalue weighted by molar-refractivity contribution is 1.20. The van der Waals surface area contributed by atoms with Crippen LogP contribution in [-0.2, 0) is 6.42 Å². The molecule has 0 saturated heterocycles. The molecule has 0 saturated carbocycles. The Kier molecular flexibility index (Phi) is 3.53. The molecule has 14 heavy (non-hydrogen) atoms. The Morgan fingerprint density at radius 2 is 1.79 bits per heavy atom. The van der Waals surface area contributed by atoms with E-state index in [1.165, 1.54) is 10.8 Å². The summed E-state index contributed by atoms with van der Waals surface area (Å²) in [6.07, 6.45) is 2.81. The van der Waals surface area contributed by atoms with E-state index in [0.717, 1.165) is 6.42 Å². The van der Waals surface area contributed by atoms with Gasteiger partial charge in [-0.3, -0.25) is 0 Å². The van der Waals surface area contributed by atoms with Gasteiger partial charge in [0.15, 0.2) is 0 Å². The van der Waals surface area contributed by atoms with Crippen molar-refractivity contribution in [3.05, 3.63) is 47.3 Å². The molecule has 0 fully saturated rings. The molecule has 1 aromatic carbocycles. The van der Waals surface area contributed by atoms with Crippen LogP contribution in [0.4, 0.5) is 0 Å². The summed E-state index contributed by atoms with van der Waals surface area (Å²) in [5, 5.41) is 1.42. The summed E-state index contributed by atoms with van der Waals surface area (Å²) in [4.78, 5) is 0. The Labute approximate surface area is 87.7 Å². The van der Waals surface area contributed by atoms with E-state index in [2.05, 4.69) is 43.9 Å². The molecule has 0 heterocycles. The van der Waals surface area contributed by atoms with Gasteiger partial charge in [-0.2, -0.15) is 0 Å². The van der Waals surface area contributed by atoms with E-state index in [9.17, 15) is 0 Å². The number of allylic oxidation sites excluding steroid dienone is 1. The van der Waals surface area contributed by atoms with Crippen molar-refractivity contribution in [2.45, 2.75) is 26.1 Å². The van der Waals surface area contributed by atoms with E-state index in [-0.39, 0.29) is 0 Å². The number of benzene rings is 1. The summed E-state index contributed by atoms with van der Waals surface area (Å²) in [5.41, 5.74) is 7.03. The molecule has 2 N–H and O–H groups in total. The number of hydrogen-bond donors (Lipinski definition) is 1. The molecule has 0 unspecified atom stereocenters. The zero-order valence-electron chi connectivity index (χ0n) is 9.25. The maximum atomic E-state index is 5.68. The van der Waals surface area contributed by atoms with Crippen LogP contribution in [-0.4, -0.2) is 8.07 Å². The lowest BCUT2D eigenvalue weighted by atomic mass is 10.1. The third-order valence-corrected chi connectivity index (χ3v) is 4.67. The van der Waals surface area contributed by atoms with Crippen LogP contribution in [0.5, 0.6) is 0 Å². The highest BCUT2D eigenvalue weighted by Crippen LogP contribution is 2.18. The monoisotopic (exact) mass is 205 g/mol. The van der Waals surface area contributed by atoms with Crippen molar-refractivity contribution in [2.24, 2.45) is 5.73 Å². The fourth-order valence-electron chi connectivity index (χ4n) is 1.39. The second-order valence-corrected chi connectivity index (χ2v) is 9.75. The van der Waals surface area contributed by atoms with Gasteiger partial charge in [0.25, 0.3) is 0 Å². The van der Waals surface area contributed by atoms with Gasteiger partial charge in [0.1, 0.15) is 0 Å².